The van der Waals surface area contributed by atoms with E-state index in [0.717, 1.165) is 4.57 Å². The minimum atomic E-state index is -0.904. The Balaban J connectivity index is 2.71. The summed E-state index contributed by atoms with van der Waals surface area (Å²) >= 11 is 12.0. The molecule has 1 aromatic carbocycles. The number of pyridine rings is 1. The van der Waals surface area contributed by atoms with Crippen molar-refractivity contribution in [2.24, 2.45) is 0 Å². The van der Waals surface area contributed by atoms with Crippen LogP contribution in [0, 0.1) is 0 Å². The molecule has 0 radical (unpaired) electrons. The van der Waals surface area contributed by atoms with Crippen LogP contribution in [0.25, 0.3) is 10.8 Å². The number of aromatic nitrogens is 1. The topological polar surface area (TPSA) is 94.8 Å². The van der Waals surface area contributed by atoms with Gasteiger partial charge in [-0.1, -0.05) is 23.2 Å². The van der Waals surface area contributed by atoms with E-state index in [0.29, 0.717) is 0 Å². The average Bonchev–Trinajstić information content (AvgIpc) is 2.57. The van der Waals surface area contributed by atoms with Crippen LogP contribution >= 0.6 is 23.2 Å². The molecule has 0 saturated heterocycles. The largest absolute Gasteiger partial charge is 0.505 e. The lowest BCUT2D eigenvalue weighted by Crippen LogP contribution is -2.32. The second-order valence-electron chi connectivity index (χ2n) is 7.02. The monoisotopic (exact) mass is 429 g/mol. The summed E-state index contributed by atoms with van der Waals surface area (Å²) < 4.78 is 11.2. The van der Waals surface area contributed by atoms with Gasteiger partial charge in [0.25, 0.3) is 5.56 Å². The fourth-order valence-electron chi connectivity index (χ4n) is 2.60. The van der Waals surface area contributed by atoms with Gasteiger partial charge in [0.15, 0.2) is 11.4 Å². The molecule has 0 atom stereocenters. The maximum atomic E-state index is 13.0. The van der Waals surface area contributed by atoms with Crippen LogP contribution in [0.15, 0.2) is 16.9 Å². The zero-order valence-electron chi connectivity index (χ0n) is 16.0. The first kappa shape index (κ1) is 22.0. The average molecular weight is 430 g/mol. The van der Waals surface area contributed by atoms with Crippen molar-refractivity contribution in [2.75, 3.05) is 6.61 Å². The van der Waals surface area contributed by atoms with Gasteiger partial charge in [-0.25, -0.2) is 4.79 Å². The van der Waals surface area contributed by atoms with Gasteiger partial charge in [0, 0.05) is 11.9 Å². The molecule has 0 aliphatic rings. The summed E-state index contributed by atoms with van der Waals surface area (Å²) in [5.41, 5.74) is -1.84. The van der Waals surface area contributed by atoms with Gasteiger partial charge in [-0.15, -0.1) is 0 Å². The fourth-order valence-corrected chi connectivity index (χ4v) is 2.93. The number of halogens is 2. The van der Waals surface area contributed by atoms with Crippen LogP contribution in [-0.4, -0.2) is 33.8 Å². The van der Waals surface area contributed by atoms with E-state index in [9.17, 15) is 19.5 Å². The molecule has 152 valence electrons. The van der Waals surface area contributed by atoms with Crippen LogP contribution < -0.4 is 5.56 Å². The maximum absolute atomic E-state index is 13.0. The summed E-state index contributed by atoms with van der Waals surface area (Å²) in [6.45, 7) is 6.62. The first-order chi connectivity index (χ1) is 13.0. The molecule has 2 rings (SSSR count). The van der Waals surface area contributed by atoms with E-state index >= 15 is 0 Å². The highest BCUT2D eigenvalue weighted by molar-refractivity contribution is 6.42. The van der Waals surface area contributed by atoms with Gasteiger partial charge in [-0.2, -0.15) is 0 Å². The number of esters is 2. The lowest BCUT2D eigenvalue weighted by molar-refractivity contribution is -0.143. The van der Waals surface area contributed by atoms with Gasteiger partial charge in [-0.3, -0.25) is 14.2 Å². The Labute approximate surface area is 171 Å². The zero-order valence-corrected chi connectivity index (χ0v) is 17.5. The molecule has 1 aromatic heterocycles. The lowest BCUT2D eigenvalue weighted by Gasteiger charge is -2.22. The number of rotatable bonds is 5. The number of aromatic hydroxyl groups is 1. The summed E-state index contributed by atoms with van der Waals surface area (Å²) in [5, 5.41) is 11.1. The van der Waals surface area contributed by atoms with Crippen LogP contribution in [0.4, 0.5) is 0 Å². The molecule has 0 spiro atoms. The summed E-state index contributed by atoms with van der Waals surface area (Å²) in [6, 6.07) is 2.61. The molecule has 0 aliphatic carbocycles. The number of carbonyl (C=O) groups is 2. The molecule has 2 aromatic rings. The van der Waals surface area contributed by atoms with Crippen molar-refractivity contribution in [1.82, 2.24) is 4.57 Å². The number of nitrogens with zero attached hydrogens (tertiary/aromatic N) is 1. The molecule has 0 aliphatic heterocycles. The van der Waals surface area contributed by atoms with Gasteiger partial charge in [0.1, 0.15) is 5.60 Å². The number of hydrogen-bond acceptors (Lipinski definition) is 6. The van der Waals surface area contributed by atoms with Crippen molar-refractivity contribution in [3.63, 3.8) is 0 Å². The molecule has 28 heavy (non-hydrogen) atoms. The molecule has 9 heteroatoms. The third kappa shape index (κ3) is 4.77. The van der Waals surface area contributed by atoms with Gasteiger partial charge in [0.2, 0.25) is 0 Å². The Morgan fingerprint density at radius 3 is 2.25 bits per heavy atom. The van der Waals surface area contributed by atoms with E-state index in [4.69, 9.17) is 32.7 Å². The predicted molar refractivity (Wildman–Crippen MR) is 106 cm³/mol. The van der Waals surface area contributed by atoms with Crippen LogP contribution in [-0.2, 0) is 20.8 Å². The van der Waals surface area contributed by atoms with Gasteiger partial charge in [0.05, 0.1) is 28.5 Å². The van der Waals surface area contributed by atoms with Crippen LogP contribution in [0.5, 0.6) is 5.75 Å². The number of fused-ring (bicyclic) bond motifs is 1. The fraction of sp³-hybridized carbons (Fsp3) is 0.421. The number of benzene rings is 1. The number of carbonyl (C=O) groups excluding carboxylic acids is 2. The first-order valence-electron chi connectivity index (χ1n) is 8.59. The highest BCUT2D eigenvalue weighted by Crippen LogP contribution is 2.33. The molecule has 1 heterocycles. The lowest BCUT2D eigenvalue weighted by atomic mass is 10.1. The van der Waals surface area contributed by atoms with Gasteiger partial charge in [-0.05, 0) is 39.8 Å². The Kier molecular flexibility index (Phi) is 6.62. The molecule has 0 saturated carbocycles. The van der Waals surface area contributed by atoms with E-state index in [2.05, 4.69) is 0 Å². The smallest absolute Gasteiger partial charge is 0.359 e. The Morgan fingerprint density at radius 1 is 1.14 bits per heavy atom. The first-order valence-corrected chi connectivity index (χ1v) is 9.35. The van der Waals surface area contributed by atoms with Crippen molar-refractivity contribution >= 4 is 45.9 Å². The van der Waals surface area contributed by atoms with Crippen LogP contribution in [0.3, 0.4) is 0 Å². The zero-order chi connectivity index (χ0) is 21.2. The minimum absolute atomic E-state index is 0.0584. The van der Waals surface area contributed by atoms with Gasteiger partial charge >= 0.3 is 11.9 Å². The Hall–Kier alpha value is -2.25. The second-order valence-corrected chi connectivity index (χ2v) is 7.84. The highest BCUT2D eigenvalue weighted by Gasteiger charge is 2.27. The molecular formula is C19H21Cl2NO6. The number of ether oxygens (including phenoxy) is 2. The predicted octanol–water partition coefficient (Wildman–Crippen LogP) is 3.92. The van der Waals surface area contributed by atoms with E-state index in [1.54, 1.807) is 27.7 Å². The molecule has 7 nitrogen and oxygen atoms in total. The molecule has 1 N–H and O–H groups in total. The van der Waals surface area contributed by atoms with Crippen molar-refractivity contribution in [3.05, 3.63) is 38.2 Å². The van der Waals surface area contributed by atoms with E-state index < -0.39 is 28.8 Å². The van der Waals surface area contributed by atoms with Crippen molar-refractivity contribution in [2.45, 2.75) is 46.3 Å². The van der Waals surface area contributed by atoms with Gasteiger partial charge < -0.3 is 14.6 Å². The summed E-state index contributed by atoms with van der Waals surface area (Å²) in [6.07, 6.45) is -0.171. The maximum Gasteiger partial charge on any atom is 0.359 e. The molecular weight excluding hydrogens is 409 g/mol. The van der Waals surface area contributed by atoms with E-state index in [1.165, 1.54) is 12.1 Å². The second kappa shape index (κ2) is 8.41. The summed E-state index contributed by atoms with van der Waals surface area (Å²) in [5.74, 6) is -1.93. The number of hydrogen-bond donors (Lipinski definition) is 1. The van der Waals surface area contributed by atoms with Crippen molar-refractivity contribution in [3.8, 4) is 5.75 Å². The normalized spacial score (nSPS) is 11.5. The van der Waals surface area contributed by atoms with Crippen LogP contribution in [0.2, 0.25) is 10.0 Å². The van der Waals surface area contributed by atoms with Crippen LogP contribution in [0.1, 0.15) is 44.6 Å². The minimum Gasteiger partial charge on any atom is -0.505 e. The van der Waals surface area contributed by atoms with Crippen molar-refractivity contribution in [1.29, 1.82) is 0 Å². The summed E-state index contributed by atoms with van der Waals surface area (Å²) in [7, 11) is 0. The molecule has 0 unspecified atom stereocenters. The molecule has 0 fully saturated rings. The van der Waals surface area contributed by atoms with Crippen molar-refractivity contribution < 1.29 is 24.2 Å². The Morgan fingerprint density at radius 2 is 1.71 bits per heavy atom. The third-order valence-corrected chi connectivity index (χ3v) is 4.44. The third-order valence-electron chi connectivity index (χ3n) is 3.72. The molecule has 0 bridgehead atoms. The highest BCUT2D eigenvalue weighted by atomic mass is 35.5. The Bertz CT molecular complexity index is 991. The molecule has 0 amide bonds. The SMILES string of the molecule is CCOC(=O)CCn1c(C(=O)OC(C)(C)C)c(O)c2cc(Cl)c(Cl)cc2c1=O. The van der Waals surface area contributed by atoms with E-state index in [1.807, 2.05) is 0 Å². The van der Waals surface area contributed by atoms with E-state index in [-0.39, 0.29) is 46.1 Å². The quantitative estimate of drug-likeness (QED) is 0.723. The summed E-state index contributed by atoms with van der Waals surface area (Å²) in [4.78, 5) is 37.4. The standard InChI is InChI=1S/C19H21Cl2NO6/c1-5-27-14(23)6-7-22-15(18(26)28-19(2,3)4)16(24)10-8-12(20)13(21)9-11(10)17(22)25/h8-9,24H,5-7H2,1-4H3.